The number of benzene rings is 1. The Morgan fingerprint density at radius 2 is 1.76 bits per heavy atom. The highest BCUT2D eigenvalue weighted by atomic mass is 32.1. The van der Waals surface area contributed by atoms with Crippen LogP contribution in [0.3, 0.4) is 0 Å². The predicted octanol–water partition coefficient (Wildman–Crippen LogP) is 3.78. The quantitative estimate of drug-likeness (QED) is 0.827. The average Bonchev–Trinajstić information content (AvgIpc) is 2.33. The van der Waals surface area contributed by atoms with Crippen LogP contribution < -0.4 is 5.73 Å². The zero-order valence-corrected chi connectivity index (χ0v) is 10.7. The molecule has 0 aliphatic heterocycles. The molecule has 1 saturated carbocycles. The lowest BCUT2D eigenvalue weighted by Crippen LogP contribution is -2.28. The van der Waals surface area contributed by atoms with Gasteiger partial charge in [0.15, 0.2) is 0 Å². The number of thiocarbonyl (C=S) groups is 1. The Kier molecular flexibility index (Phi) is 4.11. The highest BCUT2D eigenvalue weighted by molar-refractivity contribution is 7.80. The first-order valence-corrected chi connectivity index (χ1v) is 6.64. The maximum atomic E-state index is 12.9. The van der Waals surface area contributed by atoms with Crippen LogP contribution in [0.2, 0.25) is 0 Å². The maximum absolute atomic E-state index is 12.9. The summed E-state index contributed by atoms with van der Waals surface area (Å²) in [5.41, 5.74) is 6.94. The van der Waals surface area contributed by atoms with Crippen LogP contribution >= 0.6 is 12.2 Å². The standard InChI is InChI=1S/C14H18FNS/c15-12-8-6-11(7-9-12)13(14(16)17)10-4-2-1-3-5-10/h6-10,13H,1-5H2,(H2,16,17). The second-order valence-corrected chi connectivity index (χ2v) is 5.30. The number of nitrogens with two attached hydrogens (primary N) is 1. The minimum Gasteiger partial charge on any atom is -0.393 e. The van der Waals surface area contributed by atoms with Crippen LogP contribution in [-0.2, 0) is 0 Å². The molecule has 1 nitrogen and oxygen atoms in total. The first-order valence-electron chi connectivity index (χ1n) is 6.23. The fourth-order valence-corrected chi connectivity index (χ4v) is 3.13. The molecule has 0 saturated heterocycles. The van der Waals surface area contributed by atoms with Crippen LogP contribution in [0.4, 0.5) is 4.39 Å². The van der Waals surface area contributed by atoms with Crippen molar-refractivity contribution >= 4 is 17.2 Å². The third-order valence-corrected chi connectivity index (χ3v) is 3.91. The third kappa shape index (κ3) is 3.03. The summed E-state index contributed by atoms with van der Waals surface area (Å²) in [6.07, 6.45) is 6.18. The van der Waals surface area contributed by atoms with E-state index in [2.05, 4.69) is 0 Å². The van der Waals surface area contributed by atoms with Crippen molar-refractivity contribution < 1.29 is 4.39 Å². The van der Waals surface area contributed by atoms with Gasteiger partial charge in [0.1, 0.15) is 5.82 Å². The van der Waals surface area contributed by atoms with Crippen molar-refractivity contribution in [1.82, 2.24) is 0 Å². The average molecular weight is 251 g/mol. The Balaban J connectivity index is 2.21. The Labute approximate surface area is 107 Å². The molecule has 2 N–H and O–H groups in total. The molecule has 1 unspecified atom stereocenters. The topological polar surface area (TPSA) is 26.0 Å². The monoisotopic (exact) mass is 251 g/mol. The summed E-state index contributed by atoms with van der Waals surface area (Å²) >= 11 is 5.20. The molecule has 1 aliphatic rings. The molecule has 0 spiro atoms. The van der Waals surface area contributed by atoms with Crippen molar-refractivity contribution in [3.05, 3.63) is 35.6 Å². The fraction of sp³-hybridized carbons (Fsp3) is 0.500. The smallest absolute Gasteiger partial charge is 0.123 e. The van der Waals surface area contributed by atoms with E-state index in [4.69, 9.17) is 18.0 Å². The highest BCUT2D eigenvalue weighted by Crippen LogP contribution is 2.36. The van der Waals surface area contributed by atoms with Crippen molar-refractivity contribution in [2.75, 3.05) is 0 Å². The van der Waals surface area contributed by atoms with Crippen LogP contribution in [0.5, 0.6) is 0 Å². The molecular formula is C14H18FNS. The minimum atomic E-state index is -0.209. The summed E-state index contributed by atoms with van der Waals surface area (Å²) in [6.45, 7) is 0. The number of hydrogen-bond acceptors (Lipinski definition) is 1. The lowest BCUT2D eigenvalue weighted by Gasteiger charge is -2.29. The minimum absolute atomic E-state index is 0.117. The summed E-state index contributed by atoms with van der Waals surface area (Å²) in [4.78, 5) is 0.545. The van der Waals surface area contributed by atoms with Crippen LogP contribution in [0.15, 0.2) is 24.3 Å². The first-order chi connectivity index (χ1) is 8.18. The summed E-state index contributed by atoms with van der Waals surface area (Å²) < 4.78 is 12.9. The zero-order valence-electron chi connectivity index (χ0n) is 9.86. The number of hydrogen-bond donors (Lipinski definition) is 1. The molecule has 0 radical (unpaired) electrons. The van der Waals surface area contributed by atoms with Crippen LogP contribution in [0.25, 0.3) is 0 Å². The van der Waals surface area contributed by atoms with Gasteiger partial charge in [0, 0.05) is 5.92 Å². The second-order valence-electron chi connectivity index (χ2n) is 4.83. The molecule has 0 heterocycles. The van der Waals surface area contributed by atoms with E-state index in [0.717, 1.165) is 5.56 Å². The van der Waals surface area contributed by atoms with E-state index >= 15 is 0 Å². The molecule has 0 amide bonds. The van der Waals surface area contributed by atoms with Crippen LogP contribution in [0.1, 0.15) is 43.6 Å². The van der Waals surface area contributed by atoms with Crippen molar-refractivity contribution in [2.45, 2.75) is 38.0 Å². The van der Waals surface area contributed by atoms with Gasteiger partial charge in [0.2, 0.25) is 0 Å². The van der Waals surface area contributed by atoms with E-state index in [-0.39, 0.29) is 11.7 Å². The second kappa shape index (κ2) is 5.58. The molecule has 3 heteroatoms. The van der Waals surface area contributed by atoms with Gasteiger partial charge in [-0.05, 0) is 36.5 Å². The van der Waals surface area contributed by atoms with Gasteiger partial charge in [-0.25, -0.2) is 4.39 Å². The van der Waals surface area contributed by atoms with E-state index in [1.807, 2.05) is 12.1 Å². The van der Waals surface area contributed by atoms with E-state index in [1.54, 1.807) is 0 Å². The van der Waals surface area contributed by atoms with Crippen molar-refractivity contribution in [2.24, 2.45) is 11.7 Å². The van der Waals surface area contributed by atoms with Crippen molar-refractivity contribution in [1.29, 1.82) is 0 Å². The molecule has 1 aromatic carbocycles. The summed E-state index contributed by atoms with van der Waals surface area (Å²) in [7, 11) is 0. The van der Waals surface area contributed by atoms with Gasteiger partial charge in [-0.1, -0.05) is 43.6 Å². The number of halogens is 1. The van der Waals surface area contributed by atoms with Gasteiger partial charge in [0.25, 0.3) is 0 Å². The summed E-state index contributed by atoms with van der Waals surface area (Å²) in [6, 6.07) is 6.61. The van der Waals surface area contributed by atoms with E-state index in [9.17, 15) is 4.39 Å². The molecule has 1 aliphatic carbocycles. The lowest BCUT2D eigenvalue weighted by molar-refractivity contribution is 0.342. The molecule has 17 heavy (non-hydrogen) atoms. The van der Waals surface area contributed by atoms with Crippen LogP contribution in [0, 0.1) is 11.7 Å². The van der Waals surface area contributed by atoms with Crippen molar-refractivity contribution in [3.63, 3.8) is 0 Å². The zero-order chi connectivity index (χ0) is 12.3. The Morgan fingerprint density at radius 3 is 2.29 bits per heavy atom. The first kappa shape index (κ1) is 12.5. The van der Waals surface area contributed by atoms with Crippen LogP contribution in [-0.4, -0.2) is 4.99 Å². The van der Waals surface area contributed by atoms with Gasteiger partial charge >= 0.3 is 0 Å². The van der Waals surface area contributed by atoms with Gasteiger partial charge in [-0.3, -0.25) is 0 Å². The molecule has 92 valence electrons. The normalized spacial score (nSPS) is 18.9. The largest absolute Gasteiger partial charge is 0.393 e. The fourth-order valence-electron chi connectivity index (χ4n) is 2.81. The molecule has 0 aromatic heterocycles. The van der Waals surface area contributed by atoms with E-state index in [0.29, 0.717) is 10.9 Å². The molecule has 1 fully saturated rings. The molecule has 1 atom stereocenters. The Hall–Kier alpha value is -0.960. The Bertz CT molecular complexity index is 382. The molecule has 0 bridgehead atoms. The summed E-state index contributed by atoms with van der Waals surface area (Å²) in [5, 5.41) is 0. The maximum Gasteiger partial charge on any atom is 0.123 e. The van der Waals surface area contributed by atoms with Gasteiger partial charge in [-0.2, -0.15) is 0 Å². The van der Waals surface area contributed by atoms with Gasteiger partial charge in [-0.15, -0.1) is 0 Å². The van der Waals surface area contributed by atoms with Gasteiger partial charge in [0.05, 0.1) is 4.99 Å². The van der Waals surface area contributed by atoms with Gasteiger partial charge < -0.3 is 5.73 Å². The van der Waals surface area contributed by atoms with Crippen molar-refractivity contribution in [3.8, 4) is 0 Å². The summed E-state index contributed by atoms with van der Waals surface area (Å²) in [5.74, 6) is 0.441. The lowest BCUT2D eigenvalue weighted by atomic mass is 9.77. The highest BCUT2D eigenvalue weighted by Gasteiger charge is 2.27. The number of rotatable bonds is 3. The van der Waals surface area contributed by atoms with E-state index < -0.39 is 0 Å². The molecular weight excluding hydrogens is 233 g/mol. The Morgan fingerprint density at radius 1 is 1.18 bits per heavy atom. The SMILES string of the molecule is NC(=S)C(c1ccc(F)cc1)C1CCCCC1. The van der Waals surface area contributed by atoms with E-state index in [1.165, 1.54) is 44.2 Å². The molecule has 2 rings (SSSR count). The molecule has 1 aromatic rings. The predicted molar refractivity (Wildman–Crippen MR) is 72.5 cm³/mol. The third-order valence-electron chi connectivity index (χ3n) is 3.66.